The molecule has 2 rings (SSSR count). The molecule has 5 heteroatoms. The first-order valence-corrected chi connectivity index (χ1v) is 8.35. The van der Waals surface area contributed by atoms with Crippen molar-refractivity contribution in [3.8, 4) is 0 Å². The molecule has 0 unspecified atom stereocenters. The summed E-state index contributed by atoms with van der Waals surface area (Å²) in [6.45, 7) is 2.76. The zero-order chi connectivity index (χ0) is 17.4. The maximum Gasteiger partial charge on any atom is 0.246 e. The van der Waals surface area contributed by atoms with E-state index in [0.717, 1.165) is 18.4 Å². The molecule has 0 saturated carbocycles. The first-order valence-electron chi connectivity index (χ1n) is 8.35. The van der Waals surface area contributed by atoms with Crippen molar-refractivity contribution in [1.82, 2.24) is 10.2 Å². The van der Waals surface area contributed by atoms with Crippen molar-refractivity contribution in [3.63, 3.8) is 0 Å². The molecule has 0 atom stereocenters. The van der Waals surface area contributed by atoms with Gasteiger partial charge in [0.2, 0.25) is 11.8 Å². The van der Waals surface area contributed by atoms with Crippen LogP contribution in [0.1, 0.15) is 38.2 Å². The number of hydrogen-bond donors (Lipinski definition) is 1. The molecule has 1 aliphatic rings. The van der Waals surface area contributed by atoms with Gasteiger partial charge in [-0.3, -0.25) is 9.59 Å². The summed E-state index contributed by atoms with van der Waals surface area (Å²) in [7, 11) is 0. The fourth-order valence-electron chi connectivity index (χ4n) is 2.67. The second-order valence-electron chi connectivity index (χ2n) is 6.11. The summed E-state index contributed by atoms with van der Waals surface area (Å²) in [4.78, 5) is 36.6. The van der Waals surface area contributed by atoms with Gasteiger partial charge in [-0.15, -0.1) is 0 Å². The van der Waals surface area contributed by atoms with Crippen molar-refractivity contribution in [2.75, 3.05) is 13.1 Å². The standard InChI is InChI=1S/C19H24N2O3/c1-15(22)7-9-18(23)20-17-11-13-21(14-12-17)19(24)10-8-16-5-3-2-4-6-16/h2-6,8,10,17H,7,9,11-14H2,1H3,(H,20,23)/b10-8+. The van der Waals surface area contributed by atoms with Gasteiger partial charge in [0.25, 0.3) is 0 Å². The zero-order valence-corrected chi connectivity index (χ0v) is 14.0. The summed E-state index contributed by atoms with van der Waals surface area (Å²) in [5.74, 6) is -0.0603. The van der Waals surface area contributed by atoms with Crippen LogP contribution >= 0.6 is 0 Å². The lowest BCUT2D eigenvalue weighted by molar-refractivity contribution is -0.128. The van der Waals surface area contributed by atoms with Crippen LogP contribution in [0.25, 0.3) is 6.08 Å². The molecule has 24 heavy (non-hydrogen) atoms. The van der Waals surface area contributed by atoms with Gasteiger partial charge in [-0.25, -0.2) is 0 Å². The highest BCUT2D eigenvalue weighted by Crippen LogP contribution is 2.12. The van der Waals surface area contributed by atoms with Crippen molar-refractivity contribution in [1.29, 1.82) is 0 Å². The summed E-state index contributed by atoms with van der Waals surface area (Å²) in [5.41, 5.74) is 0.999. The van der Waals surface area contributed by atoms with Gasteiger partial charge in [0.05, 0.1) is 0 Å². The van der Waals surface area contributed by atoms with Gasteiger partial charge >= 0.3 is 0 Å². The molecule has 1 fully saturated rings. The molecule has 0 radical (unpaired) electrons. The molecule has 5 nitrogen and oxygen atoms in total. The van der Waals surface area contributed by atoms with Crippen LogP contribution in [0.5, 0.6) is 0 Å². The van der Waals surface area contributed by atoms with Gasteiger partial charge < -0.3 is 15.0 Å². The third-order valence-corrected chi connectivity index (χ3v) is 4.09. The van der Waals surface area contributed by atoms with Crippen LogP contribution < -0.4 is 5.32 Å². The molecule has 1 N–H and O–H groups in total. The van der Waals surface area contributed by atoms with Gasteiger partial charge in [0.15, 0.2) is 0 Å². The fourth-order valence-corrected chi connectivity index (χ4v) is 2.67. The van der Waals surface area contributed by atoms with Crippen LogP contribution in [0.2, 0.25) is 0 Å². The van der Waals surface area contributed by atoms with Crippen LogP contribution in [-0.4, -0.2) is 41.6 Å². The Morgan fingerprint density at radius 2 is 1.79 bits per heavy atom. The average Bonchev–Trinajstić information content (AvgIpc) is 2.59. The Balaban J connectivity index is 1.74. The summed E-state index contributed by atoms with van der Waals surface area (Å²) in [5, 5.41) is 2.94. The van der Waals surface area contributed by atoms with Crippen LogP contribution in [0.4, 0.5) is 0 Å². The summed E-state index contributed by atoms with van der Waals surface area (Å²) >= 11 is 0. The SMILES string of the molecule is CC(=O)CCC(=O)NC1CCN(C(=O)/C=C/c2ccccc2)CC1. The number of rotatable bonds is 6. The van der Waals surface area contributed by atoms with E-state index in [2.05, 4.69) is 5.32 Å². The van der Waals surface area contributed by atoms with Gasteiger partial charge in [-0.05, 0) is 31.4 Å². The highest BCUT2D eigenvalue weighted by atomic mass is 16.2. The predicted molar refractivity (Wildman–Crippen MR) is 93.1 cm³/mol. The molecule has 1 saturated heterocycles. The van der Waals surface area contributed by atoms with Crippen molar-refractivity contribution in [2.45, 2.75) is 38.6 Å². The number of nitrogens with zero attached hydrogens (tertiary/aromatic N) is 1. The molecule has 1 heterocycles. The van der Waals surface area contributed by atoms with Crippen LogP contribution in [0.15, 0.2) is 36.4 Å². The van der Waals surface area contributed by atoms with Crippen molar-refractivity contribution >= 4 is 23.7 Å². The molecular formula is C19H24N2O3. The van der Waals surface area contributed by atoms with Gasteiger partial charge in [-0.2, -0.15) is 0 Å². The molecule has 128 valence electrons. The summed E-state index contributed by atoms with van der Waals surface area (Å²) in [6, 6.07) is 9.80. The number of nitrogens with one attached hydrogen (secondary N) is 1. The van der Waals surface area contributed by atoms with Gasteiger partial charge in [-0.1, -0.05) is 30.3 Å². The van der Waals surface area contributed by atoms with Crippen molar-refractivity contribution in [2.24, 2.45) is 0 Å². The minimum Gasteiger partial charge on any atom is -0.353 e. The van der Waals surface area contributed by atoms with E-state index in [1.165, 1.54) is 6.92 Å². The number of ketones is 1. The van der Waals surface area contributed by atoms with E-state index in [-0.39, 0.29) is 36.5 Å². The Labute approximate surface area is 142 Å². The van der Waals surface area contributed by atoms with E-state index >= 15 is 0 Å². The van der Waals surface area contributed by atoms with E-state index in [9.17, 15) is 14.4 Å². The van der Waals surface area contributed by atoms with E-state index in [4.69, 9.17) is 0 Å². The third-order valence-electron chi connectivity index (χ3n) is 4.09. The molecule has 0 spiro atoms. The Bertz CT molecular complexity index is 602. The lowest BCUT2D eigenvalue weighted by atomic mass is 10.0. The van der Waals surface area contributed by atoms with Crippen LogP contribution in [0.3, 0.4) is 0 Å². The molecule has 0 bridgehead atoms. The highest BCUT2D eigenvalue weighted by Gasteiger charge is 2.22. The van der Waals surface area contributed by atoms with E-state index in [1.807, 2.05) is 36.4 Å². The smallest absolute Gasteiger partial charge is 0.246 e. The Kier molecular flexibility index (Phi) is 6.73. The first kappa shape index (κ1) is 17.9. The quantitative estimate of drug-likeness (QED) is 0.814. The molecule has 1 aliphatic heterocycles. The molecule has 0 aliphatic carbocycles. The lowest BCUT2D eigenvalue weighted by Gasteiger charge is -2.31. The third kappa shape index (κ3) is 5.99. The number of hydrogen-bond acceptors (Lipinski definition) is 3. The largest absolute Gasteiger partial charge is 0.353 e. The number of amides is 2. The maximum absolute atomic E-state index is 12.2. The Morgan fingerprint density at radius 1 is 1.12 bits per heavy atom. The van der Waals surface area contributed by atoms with E-state index in [0.29, 0.717) is 13.1 Å². The fraction of sp³-hybridized carbons (Fsp3) is 0.421. The molecule has 1 aromatic rings. The Morgan fingerprint density at radius 3 is 2.42 bits per heavy atom. The second kappa shape index (κ2) is 9.01. The molecule has 1 aromatic carbocycles. The summed E-state index contributed by atoms with van der Waals surface area (Å²) < 4.78 is 0. The predicted octanol–water partition coefficient (Wildman–Crippen LogP) is 2.18. The second-order valence-corrected chi connectivity index (χ2v) is 6.11. The lowest BCUT2D eigenvalue weighted by Crippen LogP contribution is -2.46. The number of Topliss-reactive ketones (excluding diaryl/α,β-unsaturated/α-hetero) is 1. The van der Waals surface area contributed by atoms with Crippen LogP contribution in [0, 0.1) is 0 Å². The zero-order valence-electron chi connectivity index (χ0n) is 14.0. The number of piperidine rings is 1. The Hall–Kier alpha value is -2.43. The van der Waals surface area contributed by atoms with Crippen LogP contribution in [-0.2, 0) is 14.4 Å². The first-order chi connectivity index (χ1) is 11.5. The number of carbonyl (C=O) groups excluding carboxylic acids is 3. The highest BCUT2D eigenvalue weighted by molar-refractivity contribution is 5.91. The van der Waals surface area contributed by atoms with Gasteiger partial charge in [0, 0.05) is 38.0 Å². The minimum absolute atomic E-state index is 0.000194. The monoisotopic (exact) mass is 328 g/mol. The van der Waals surface area contributed by atoms with Crippen molar-refractivity contribution in [3.05, 3.63) is 42.0 Å². The van der Waals surface area contributed by atoms with E-state index in [1.54, 1.807) is 11.0 Å². The molecular weight excluding hydrogens is 304 g/mol. The molecule has 0 aromatic heterocycles. The minimum atomic E-state index is -0.0843. The van der Waals surface area contributed by atoms with E-state index < -0.39 is 0 Å². The number of carbonyl (C=O) groups is 3. The number of likely N-dealkylation sites (tertiary alicyclic amines) is 1. The van der Waals surface area contributed by atoms with Crippen molar-refractivity contribution < 1.29 is 14.4 Å². The average molecular weight is 328 g/mol. The maximum atomic E-state index is 12.2. The molecule has 2 amide bonds. The summed E-state index contributed by atoms with van der Waals surface area (Å²) in [6.07, 6.45) is 5.44. The number of benzene rings is 1. The topological polar surface area (TPSA) is 66.5 Å². The normalized spacial score (nSPS) is 15.5. The van der Waals surface area contributed by atoms with Gasteiger partial charge in [0.1, 0.15) is 5.78 Å².